The maximum absolute atomic E-state index is 12.7. The van der Waals surface area contributed by atoms with Crippen LogP contribution in [0, 0.1) is 5.92 Å². The number of amides is 1. The lowest BCUT2D eigenvalue weighted by molar-refractivity contribution is -0.125. The van der Waals surface area contributed by atoms with Gasteiger partial charge in [-0.15, -0.1) is 0 Å². The van der Waals surface area contributed by atoms with Crippen LogP contribution in [0.5, 0.6) is 0 Å². The van der Waals surface area contributed by atoms with Gasteiger partial charge in [0, 0.05) is 32.3 Å². The molecule has 1 amide bonds. The number of nitrogens with zero attached hydrogens (tertiary/aromatic N) is 4. The molecule has 28 heavy (non-hydrogen) atoms. The third-order valence-electron chi connectivity index (χ3n) is 5.30. The Morgan fingerprint density at radius 2 is 1.89 bits per heavy atom. The Morgan fingerprint density at radius 3 is 2.64 bits per heavy atom. The minimum Gasteiger partial charge on any atom is -0.352 e. The largest absolute Gasteiger partial charge is 0.352 e. The number of aromatic nitrogens is 3. The van der Waals surface area contributed by atoms with Gasteiger partial charge in [0.2, 0.25) is 5.91 Å². The van der Waals surface area contributed by atoms with Crippen molar-refractivity contribution in [3.63, 3.8) is 0 Å². The number of carbonyl (C=O) groups excluding carboxylic acids is 1. The fraction of sp³-hybridized carbons (Fsp3) is 0.333. The number of nitrogens with one attached hydrogen (secondary N) is 1. The van der Waals surface area contributed by atoms with E-state index in [1.807, 2.05) is 47.4 Å². The van der Waals surface area contributed by atoms with Crippen molar-refractivity contribution < 1.29 is 4.79 Å². The first-order valence-corrected chi connectivity index (χ1v) is 9.52. The summed E-state index contributed by atoms with van der Waals surface area (Å²) in [7, 11) is 1.77. The fourth-order valence-corrected chi connectivity index (χ4v) is 3.65. The summed E-state index contributed by atoms with van der Waals surface area (Å²) < 4.78 is 1.64. The summed E-state index contributed by atoms with van der Waals surface area (Å²) in [4.78, 5) is 36.0. The van der Waals surface area contributed by atoms with E-state index in [0.717, 1.165) is 16.7 Å². The van der Waals surface area contributed by atoms with E-state index in [1.54, 1.807) is 17.8 Å². The fourth-order valence-electron chi connectivity index (χ4n) is 3.65. The molecular weight excluding hydrogens is 354 g/mol. The van der Waals surface area contributed by atoms with Crippen molar-refractivity contribution in [3.05, 3.63) is 64.7 Å². The molecule has 0 unspecified atom stereocenters. The van der Waals surface area contributed by atoms with E-state index in [-0.39, 0.29) is 17.4 Å². The van der Waals surface area contributed by atoms with E-state index in [0.29, 0.717) is 38.3 Å². The van der Waals surface area contributed by atoms with Crippen LogP contribution in [0.15, 0.2) is 53.5 Å². The van der Waals surface area contributed by atoms with Crippen LogP contribution in [0.25, 0.3) is 11.0 Å². The van der Waals surface area contributed by atoms with E-state index < -0.39 is 0 Å². The van der Waals surface area contributed by atoms with Crippen molar-refractivity contribution in [2.75, 3.05) is 18.0 Å². The summed E-state index contributed by atoms with van der Waals surface area (Å²) in [6, 6.07) is 13.3. The van der Waals surface area contributed by atoms with E-state index in [1.165, 1.54) is 0 Å². The lowest BCUT2D eigenvalue weighted by Crippen LogP contribution is -2.43. The Kier molecular flexibility index (Phi) is 5.06. The molecule has 1 saturated heterocycles. The van der Waals surface area contributed by atoms with Crippen molar-refractivity contribution in [3.8, 4) is 0 Å². The number of pyridine rings is 1. The van der Waals surface area contributed by atoms with Gasteiger partial charge in [-0.3, -0.25) is 14.6 Å². The van der Waals surface area contributed by atoms with Gasteiger partial charge in [0.1, 0.15) is 0 Å². The van der Waals surface area contributed by atoms with Crippen LogP contribution in [-0.2, 0) is 18.4 Å². The quantitative estimate of drug-likeness (QED) is 0.751. The maximum Gasteiger partial charge on any atom is 0.293 e. The number of fused-ring (bicyclic) bond motifs is 1. The predicted octanol–water partition coefficient (Wildman–Crippen LogP) is 1.86. The highest BCUT2D eigenvalue weighted by Gasteiger charge is 2.27. The number of aryl methyl sites for hydroxylation is 1. The van der Waals surface area contributed by atoms with Gasteiger partial charge in [0.05, 0.1) is 23.3 Å². The topological polar surface area (TPSA) is 80.1 Å². The van der Waals surface area contributed by atoms with Crippen LogP contribution in [-0.4, -0.2) is 33.5 Å². The van der Waals surface area contributed by atoms with Crippen molar-refractivity contribution in [1.29, 1.82) is 0 Å². The molecule has 0 radical (unpaired) electrons. The van der Waals surface area contributed by atoms with Crippen LogP contribution in [0.3, 0.4) is 0 Å². The molecule has 1 N–H and O–H groups in total. The molecule has 4 rings (SSSR count). The lowest BCUT2D eigenvalue weighted by Gasteiger charge is -2.32. The monoisotopic (exact) mass is 377 g/mol. The summed E-state index contributed by atoms with van der Waals surface area (Å²) >= 11 is 0. The van der Waals surface area contributed by atoms with Gasteiger partial charge in [-0.2, -0.15) is 0 Å². The maximum atomic E-state index is 12.7. The van der Waals surface area contributed by atoms with E-state index in [2.05, 4.69) is 15.3 Å². The zero-order chi connectivity index (χ0) is 19.5. The highest BCUT2D eigenvalue weighted by Crippen LogP contribution is 2.21. The molecule has 1 aliphatic heterocycles. The molecule has 3 aromatic rings. The van der Waals surface area contributed by atoms with Gasteiger partial charge < -0.3 is 14.8 Å². The molecule has 0 bridgehead atoms. The Bertz CT molecular complexity index is 1040. The number of benzene rings is 1. The van der Waals surface area contributed by atoms with E-state index in [4.69, 9.17) is 0 Å². The van der Waals surface area contributed by atoms with Gasteiger partial charge in [0.25, 0.3) is 5.56 Å². The molecule has 0 saturated carbocycles. The summed E-state index contributed by atoms with van der Waals surface area (Å²) in [5.41, 5.74) is 2.36. The highest BCUT2D eigenvalue weighted by atomic mass is 16.2. The molecule has 2 aromatic heterocycles. The summed E-state index contributed by atoms with van der Waals surface area (Å²) in [6.45, 7) is 1.72. The smallest absolute Gasteiger partial charge is 0.293 e. The number of para-hydroxylation sites is 2. The summed E-state index contributed by atoms with van der Waals surface area (Å²) in [6.07, 6.45) is 3.12. The molecule has 0 spiro atoms. The van der Waals surface area contributed by atoms with Crippen LogP contribution in [0.1, 0.15) is 18.5 Å². The predicted molar refractivity (Wildman–Crippen MR) is 108 cm³/mol. The lowest BCUT2D eigenvalue weighted by atomic mass is 9.96. The minimum atomic E-state index is -0.100. The van der Waals surface area contributed by atoms with Gasteiger partial charge in [-0.1, -0.05) is 18.2 Å². The standard InChI is InChI=1S/C21H23N5O2/c1-25-18-8-3-2-7-17(18)24-19(21(25)28)26-12-9-15(10-13-26)20(27)23-14-16-6-4-5-11-22-16/h2-8,11,15H,9-10,12-14H2,1H3,(H,23,27). The Balaban J connectivity index is 1.41. The van der Waals surface area contributed by atoms with Crippen LogP contribution in [0.4, 0.5) is 5.82 Å². The Morgan fingerprint density at radius 1 is 1.14 bits per heavy atom. The Labute approximate surface area is 163 Å². The number of piperidine rings is 1. The van der Waals surface area contributed by atoms with E-state index in [9.17, 15) is 9.59 Å². The molecule has 7 heteroatoms. The third kappa shape index (κ3) is 3.60. The first-order valence-electron chi connectivity index (χ1n) is 9.52. The van der Waals surface area contributed by atoms with Gasteiger partial charge in [-0.25, -0.2) is 4.98 Å². The third-order valence-corrected chi connectivity index (χ3v) is 5.30. The molecule has 3 heterocycles. The average molecular weight is 377 g/mol. The number of hydrogen-bond acceptors (Lipinski definition) is 5. The van der Waals surface area contributed by atoms with Crippen molar-refractivity contribution >= 4 is 22.8 Å². The SMILES string of the molecule is Cn1c(=O)c(N2CCC(C(=O)NCc3ccccn3)CC2)nc2ccccc21. The zero-order valence-corrected chi connectivity index (χ0v) is 15.8. The highest BCUT2D eigenvalue weighted by molar-refractivity contribution is 5.79. The molecule has 144 valence electrons. The van der Waals surface area contributed by atoms with Gasteiger partial charge in [-0.05, 0) is 37.1 Å². The number of carbonyl (C=O) groups is 1. The van der Waals surface area contributed by atoms with Gasteiger partial charge in [0.15, 0.2) is 5.82 Å². The molecule has 0 atom stereocenters. The van der Waals surface area contributed by atoms with Crippen LogP contribution in [0.2, 0.25) is 0 Å². The van der Waals surface area contributed by atoms with Crippen LogP contribution >= 0.6 is 0 Å². The number of anilines is 1. The molecule has 1 aromatic carbocycles. The molecule has 0 aliphatic carbocycles. The van der Waals surface area contributed by atoms with Gasteiger partial charge >= 0.3 is 0 Å². The normalized spacial score (nSPS) is 15.0. The first kappa shape index (κ1) is 18.2. The van der Waals surface area contributed by atoms with Crippen molar-refractivity contribution in [2.45, 2.75) is 19.4 Å². The first-order chi connectivity index (χ1) is 13.6. The minimum absolute atomic E-state index is 0.0460. The average Bonchev–Trinajstić information content (AvgIpc) is 2.75. The summed E-state index contributed by atoms with van der Waals surface area (Å²) in [5.74, 6) is 0.461. The Hall–Kier alpha value is -3.22. The second-order valence-corrected chi connectivity index (χ2v) is 7.09. The van der Waals surface area contributed by atoms with E-state index >= 15 is 0 Å². The number of rotatable bonds is 4. The second kappa shape index (κ2) is 7.80. The zero-order valence-electron chi connectivity index (χ0n) is 15.8. The molecule has 7 nitrogen and oxygen atoms in total. The molecule has 1 aliphatic rings. The summed E-state index contributed by atoms with van der Waals surface area (Å²) in [5, 5.41) is 2.97. The second-order valence-electron chi connectivity index (χ2n) is 7.09. The number of hydrogen-bond donors (Lipinski definition) is 1. The molecule has 1 fully saturated rings. The van der Waals surface area contributed by atoms with Crippen LogP contribution < -0.4 is 15.8 Å². The molecular formula is C21H23N5O2. The van der Waals surface area contributed by atoms with Crippen molar-refractivity contribution in [2.24, 2.45) is 13.0 Å². The van der Waals surface area contributed by atoms with Crippen molar-refractivity contribution in [1.82, 2.24) is 19.9 Å².